The van der Waals surface area contributed by atoms with E-state index in [1.807, 2.05) is 13.0 Å². The summed E-state index contributed by atoms with van der Waals surface area (Å²) >= 11 is 2.17. The summed E-state index contributed by atoms with van der Waals surface area (Å²) in [6.45, 7) is 1.97. The zero-order chi connectivity index (χ0) is 9.68. The molecule has 0 aromatic carbocycles. The highest BCUT2D eigenvalue weighted by Gasteiger charge is 2.00. The molecule has 0 saturated heterocycles. The smallest absolute Gasteiger partial charge is 0.225 e. The normalized spacial score (nSPS) is 9.69. The maximum Gasteiger partial charge on any atom is 0.225 e. The zero-order valence-corrected chi connectivity index (χ0v) is 9.54. The van der Waals surface area contributed by atoms with Gasteiger partial charge in [0.15, 0.2) is 0 Å². The van der Waals surface area contributed by atoms with E-state index in [0.717, 1.165) is 9.99 Å². The Morgan fingerprint density at radius 3 is 2.92 bits per heavy atom. The number of anilines is 1. The van der Waals surface area contributed by atoms with Crippen molar-refractivity contribution < 1.29 is 4.79 Å². The van der Waals surface area contributed by atoms with Gasteiger partial charge in [-0.3, -0.25) is 4.79 Å². The minimum absolute atomic E-state index is 0.0243. The summed E-state index contributed by atoms with van der Waals surface area (Å²) in [6, 6.07) is 3.71. The van der Waals surface area contributed by atoms with Crippen molar-refractivity contribution in [3.8, 4) is 0 Å². The molecule has 0 fully saturated rings. The number of carbonyl (C=O) groups excluding carboxylic acids is 1. The standard InChI is InChI=1S/C9H11IN2O/c1-2-3-9(13)12-8-5-4-7(10)6-11-8/h4-6H,2-3H2,1H3,(H,11,12,13). The molecule has 0 aliphatic carbocycles. The van der Waals surface area contributed by atoms with Gasteiger partial charge in [-0.1, -0.05) is 6.92 Å². The molecular formula is C9H11IN2O. The molecule has 4 heteroatoms. The van der Waals surface area contributed by atoms with Gasteiger partial charge in [0.25, 0.3) is 0 Å². The van der Waals surface area contributed by atoms with Crippen molar-refractivity contribution in [2.45, 2.75) is 19.8 Å². The van der Waals surface area contributed by atoms with Gasteiger partial charge in [-0.2, -0.15) is 0 Å². The van der Waals surface area contributed by atoms with Crippen LogP contribution in [-0.4, -0.2) is 10.9 Å². The highest BCUT2D eigenvalue weighted by molar-refractivity contribution is 14.1. The molecule has 0 unspecified atom stereocenters. The molecule has 1 aromatic heterocycles. The van der Waals surface area contributed by atoms with E-state index in [2.05, 4.69) is 32.9 Å². The van der Waals surface area contributed by atoms with Crippen LogP contribution in [0.5, 0.6) is 0 Å². The lowest BCUT2D eigenvalue weighted by Crippen LogP contribution is -2.11. The highest BCUT2D eigenvalue weighted by Crippen LogP contribution is 2.07. The summed E-state index contributed by atoms with van der Waals surface area (Å²) in [4.78, 5) is 15.2. The van der Waals surface area contributed by atoms with Crippen LogP contribution in [-0.2, 0) is 4.79 Å². The Morgan fingerprint density at radius 2 is 2.38 bits per heavy atom. The van der Waals surface area contributed by atoms with Gasteiger partial charge in [0.05, 0.1) is 0 Å². The first-order valence-electron chi connectivity index (χ1n) is 4.13. The van der Waals surface area contributed by atoms with Gasteiger partial charge >= 0.3 is 0 Å². The number of aromatic nitrogens is 1. The molecule has 0 radical (unpaired) electrons. The van der Waals surface area contributed by atoms with E-state index in [1.54, 1.807) is 12.3 Å². The topological polar surface area (TPSA) is 42.0 Å². The van der Waals surface area contributed by atoms with Gasteiger partial charge < -0.3 is 5.32 Å². The summed E-state index contributed by atoms with van der Waals surface area (Å²) in [5.74, 6) is 0.648. The Hall–Kier alpha value is -0.650. The Bertz CT molecular complexity index is 284. The molecule has 1 rings (SSSR count). The summed E-state index contributed by atoms with van der Waals surface area (Å²) in [7, 11) is 0. The minimum atomic E-state index is 0.0243. The van der Waals surface area contributed by atoms with Crippen LogP contribution in [0.15, 0.2) is 18.3 Å². The summed E-state index contributed by atoms with van der Waals surface area (Å²) in [5.41, 5.74) is 0. The lowest BCUT2D eigenvalue weighted by molar-refractivity contribution is -0.116. The predicted octanol–water partition coefficient (Wildman–Crippen LogP) is 2.42. The Labute approximate surface area is 91.1 Å². The SMILES string of the molecule is CCCC(=O)Nc1ccc(I)cn1. The third-order valence-corrected chi connectivity index (χ3v) is 2.11. The molecule has 0 bridgehead atoms. The van der Waals surface area contributed by atoms with Crippen molar-refractivity contribution in [3.05, 3.63) is 21.9 Å². The van der Waals surface area contributed by atoms with Crippen LogP contribution in [0.3, 0.4) is 0 Å². The maximum atomic E-state index is 11.1. The van der Waals surface area contributed by atoms with Gasteiger partial charge in [-0.15, -0.1) is 0 Å². The van der Waals surface area contributed by atoms with E-state index in [1.165, 1.54) is 0 Å². The molecule has 0 aliphatic rings. The van der Waals surface area contributed by atoms with Crippen molar-refractivity contribution in [2.24, 2.45) is 0 Å². The van der Waals surface area contributed by atoms with Crippen LogP contribution < -0.4 is 5.32 Å². The lowest BCUT2D eigenvalue weighted by Gasteiger charge is -2.02. The van der Waals surface area contributed by atoms with Crippen molar-refractivity contribution in [2.75, 3.05) is 5.32 Å². The Balaban J connectivity index is 2.54. The number of nitrogens with zero attached hydrogens (tertiary/aromatic N) is 1. The van der Waals surface area contributed by atoms with Gasteiger partial charge in [-0.25, -0.2) is 4.98 Å². The fourth-order valence-electron chi connectivity index (χ4n) is 0.882. The monoisotopic (exact) mass is 290 g/mol. The van der Waals surface area contributed by atoms with Gasteiger partial charge in [-0.05, 0) is 41.1 Å². The first kappa shape index (κ1) is 10.4. The number of halogens is 1. The first-order chi connectivity index (χ1) is 6.22. The third kappa shape index (κ3) is 3.71. The molecule has 70 valence electrons. The van der Waals surface area contributed by atoms with E-state index in [4.69, 9.17) is 0 Å². The molecule has 1 heterocycles. The second-order valence-corrected chi connectivity index (χ2v) is 3.91. The van der Waals surface area contributed by atoms with E-state index >= 15 is 0 Å². The number of rotatable bonds is 3. The summed E-state index contributed by atoms with van der Waals surface area (Å²) < 4.78 is 1.06. The number of amides is 1. The van der Waals surface area contributed by atoms with Crippen LogP contribution in [0.25, 0.3) is 0 Å². The molecule has 0 spiro atoms. The molecule has 3 nitrogen and oxygen atoms in total. The number of hydrogen-bond donors (Lipinski definition) is 1. The van der Waals surface area contributed by atoms with E-state index in [9.17, 15) is 4.79 Å². The summed E-state index contributed by atoms with van der Waals surface area (Å²) in [5, 5.41) is 2.72. The van der Waals surface area contributed by atoms with Gasteiger partial charge in [0.1, 0.15) is 5.82 Å². The quantitative estimate of drug-likeness (QED) is 0.869. The number of hydrogen-bond acceptors (Lipinski definition) is 2. The zero-order valence-electron chi connectivity index (χ0n) is 7.38. The van der Waals surface area contributed by atoms with Crippen molar-refractivity contribution >= 4 is 34.3 Å². The van der Waals surface area contributed by atoms with Crippen LogP contribution in [0.4, 0.5) is 5.82 Å². The molecule has 1 N–H and O–H groups in total. The van der Waals surface area contributed by atoms with Gasteiger partial charge in [0.2, 0.25) is 5.91 Å². The molecule has 1 aromatic rings. The van der Waals surface area contributed by atoms with Crippen molar-refractivity contribution in [3.63, 3.8) is 0 Å². The van der Waals surface area contributed by atoms with Crippen molar-refractivity contribution in [1.82, 2.24) is 4.98 Å². The minimum Gasteiger partial charge on any atom is -0.311 e. The molecule has 1 amide bonds. The third-order valence-electron chi connectivity index (χ3n) is 1.47. The number of pyridine rings is 1. The van der Waals surface area contributed by atoms with E-state index in [0.29, 0.717) is 12.2 Å². The lowest BCUT2D eigenvalue weighted by atomic mass is 10.3. The number of nitrogens with one attached hydrogen (secondary N) is 1. The maximum absolute atomic E-state index is 11.1. The van der Waals surface area contributed by atoms with E-state index in [-0.39, 0.29) is 5.91 Å². The Kier molecular flexibility index (Phi) is 4.14. The van der Waals surface area contributed by atoms with E-state index < -0.39 is 0 Å². The number of carbonyl (C=O) groups is 1. The second kappa shape index (κ2) is 5.16. The average molecular weight is 290 g/mol. The Morgan fingerprint density at radius 1 is 1.62 bits per heavy atom. The fourth-order valence-corrected chi connectivity index (χ4v) is 1.20. The largest absolute Gasteiger partial charge is 0.311 e. The molecule has 0 saturated carbocycles. The van der Waals surface area contributed by atoms with Crippen LogP contribution in [0.2, 0.25) is 0 Å². The van der Waals surface area contributed by atoms with Crippen LogP contribution in [0, 0.1) is 3.57 Å². The average Bonchev–Trinajstić information content (AvgIpc) is 2.09. The molecule has 13 heavy (non-hydrogen) atoms. The first-order valence-corrected chi connectivity index (χ1v) is 5.21. The second-order valence-electron chi connectivity index (χ2n) is 2.66. The fraction of sp³-hybridized carbons (Fsp3) is 0.333. The van der Waals surface area contributed by atoms with Crippen LogP contribution in [0.1, 0.15) is 19.8 Å². The predicted molar refractivity (Wildman–Crippen MR) is 60.5 cm³/mol. The van der Waals surface area contributed by atoms with Crippen molar-refractivity contribution in [1.29, 1.82) is 0 Å². The summed E-state index contributed by atoms with van der Waals surface area (Å²) in [6.07, 6.45) is 3.13. The highest BCUT2D eigenvalue weighted by atomic mass is 127. The van der Waals surface area contributed by atoms with Crippen LogP contribution >= 0.6 is 22.6 Å². The van der Waals surface area contributed by atoms with Gasteiger partial charge in [0, 0.05) is 16.2 Å². The molecule has 0 aliphatic heterocycles. The molecular weight excluding hydrogens is 279 g/mol. The molecule has 0 atom stereocenters.